The van der Waals surface area contributed by atoms with Gasteiger partial charge in [-0.15, -0.1) is 0 Å². The molecule has 0 saturated heterocycles. The maximum Gasteiger partial charge on any atom is 0.220 e. The van der Waals surface area contributed by atoms with Gasteiger partial charge in [0.05, 0.1) is 17.4 Å². The number of rotatable bonds is 7. The minimum absolute atomic E-state index is 0.116. The average molecular weight is 364 g/mol. The maximum absolute atomic E-state index is 12.1. The van der Waals surface area contributed by atoms with E-state index < -0.39 is 0 Å². The third-order valence-corrected chi connectivity index (χ3v) is 4.89. The van der Waals surface area contributed by atoms with Gasteiger partial charge in [-0.3, -0.25) is 4.79 Å². The Bertz CT molecular complexity index is 888. The molecule has 0 bridgehead atoms. The highest BCUT2D eigenvalue weighted by atomic mass is 16.1. The third-order valence-electron chi connectivity index (χ3n) is 4.89. The number of amides is 1. The zero-order chi connectivity index (χ0) is 19.3. The lowest BCUT2D eigenvalue weighted by Gasteiger charge is -2.19. The fourth-order valence-electron chi connectivity index (χ4n) is 3.18. The molecule has 0 fully saturated rings. The second-order valence-corrected chi connectivity index (χ2v) is 8.08. The molecule has 0 atom stereocenters. The van der Waals surface area contributed by atoms with Crippen molar-refractivity contribution in [2.45, 2.75) is 52.0 Å². The van der Waals surface area contributed by atoms with Gasteiger partial charge in [-0.1, -0.05) is 57.2 Å². The number of hydrogen-bond donors (Lipinski definition) is 1. The topological polar surface area (TPSA) is 46.9 Å². The molecule has 0 radical (unpaired) electrons. The smallest absolute Gasteiger partial charge is 0.220 e. The number of carbonyl (C=O) groups is 1. The molecule has 3 aromatic rings. The van der Waals surface area contributed by atoms with Gasteiger partial charge in [-0.25, -0.2) is 4.98 Å². The number of carbonyl (C=O) groups excluding carboxylic acids is 1. The van der Waals surface area contributed by atoms with Crippen molar-refractivity contribution in [3.05, 3.63) is 66.0 Å². The van der Waals surface area contributed by atoms with Crippen molar-refractivity contribution in [3.8, 4) is 0 Å². The lowest BCUT2D eigenvalue weighted by molar-refractivity contribution is -0.121. The summed E-state index contributed by atoms with van der Waals surface area (Å²) in [5, 5.41) is 3.03. The Hall–Kier alpha value is -2.62. The summed E-state index contributed by atoms with van der Waals surface area (Å²) in [6.07, 6.45) is 4.07. The number of fused-ring (bicyclic) bond motifs is 1. The Morgan fingerprint density at radius 2 is 1.81 bits per heavy atom. The summed E-state index contributed by atoms with van der Waals surface area (Å²) in [5.74, 6) is 0.116. The molecule has 2 aromatic carbocycles. The molecule has 27 heavy (non-hydrogen) atoms. The fourth-order valence-corrected chi connectivity index (χ4v) is 3.18. The van der Waals surface area contributed by atoms with Crippen molar-refractivity contribution >= 4 is 16.9 Å². The van der Waals surface area contributed by atoms with Crippen LogP contribution in [0.5, 0.6) is 0 Å². The summed E-state index contributed by atoms with van der Waals surface area (Å²) in [4.78, 5) is 16.5. The van der Waals surface area contributed by atoms with Gasteiger partial charge in [0.2, 0.25) is 5.91 Å². The number of para-hydroxylation sites is 2. The second kappa shape index (κ2) is 8.38. The summed E-state index contributed by atoms with van der Waals surface area (Å²) in [5.41, 5.74) is 4.85. The van der Waals surface area contributed by atoms with Gasteiger partial charge in [-0.2, -0.15) is 0 Å². The first kappa shape index (κ1) is 19.2. The van der Waals surface area contributed by atoms with Crippen molar-refractivity contribution in [3.63, 3.8) is 0 Å². The first-order valence-corrected chi connectivity index (χ1v) is 9.69. The summed E-state index contributed by atoms with van der Waals surface area (Å²) < 4.78 is 2.14. The molecule has 1 heterocycles. The van der Waals surface area contributed by atoms with Gasteiger partial charge in [0.15, 0.2) is 0 Å². The average Bonchev–Trinajstić information content (AvgIpc) is 3.06. The molecule has 1 aromatic heterocycles. The molecule has 4 heteroatoms. The van der Waals surface area contributed by atoms with Crippen LogP contribution < -0.4 is 5.32 Å². The third kappa shape index (κ3) is 5.19. The lowest BCUT2D eigenvalue weighted by Crippen LogP contribution is -2.25. The van der Waals surface area contributed by atoms with Crippen molar-refractivity contribution in [1.29, 1.82) is 0 Å². The first-order valence-electron chi connectivity index (χ1n) is 9.69. The van der Waals surface area contributed by atoms with Gasteiger partial charge >= 0.3 is 0 Å². The van der Waals surface area contributed by atoms with E-state index in [0.29, 0.717) is 13.0 Å². The number of benzene rings is 2. The van der Waals surface area contributed by atoms with E-state index >= 15 is 0 Å². The molecule has 0 unspecified atom stereocenters. The van der Waals surface area contributed by atoms with Crippen LogP contribution in [0.15, 0.2) is 54.9 Å². The number of hydrogen-bond acceptors (Lipinski definition) is 2. The molecule has 0 saturated carbocycles. The molecule has 142 valence electrons. The van der Waals surface area contributed by atoms with Crippen LogP contribution >= 0.6 is 0 Å². The van der Waals surface area contributed by atoms with E-state index in [9.17, 15) is 4.79 Å². The van der Waals surface area contributed by atoms with Crippen molar-refractivity contribution < 1.29 is 4.79 Å². The molecular weight excluding hydrogens is 334 g/mol. The van der Waals surface area contributed by atoms with E-state index in [-0.39, 0.29) is 11.3 Å². The molecule has 0 aliphatic heterocycles. The number of aromatic nitrogens is 2. The van der Waals surface area contributed by atoms with E-state index in [1.807, 2.05) is 24.5 Å². The summed E-state index contributed by atoms with van der Waals surface area (Å²) in [6, 6.07) is 16.7. The van der Waals surface area contributed by atoms with Crippen molar-refractivity contribution in [2.75, 3.05) is 6.54 Å². The molecule has 0 aliphatic rings. The molecule has 3 rings (SSSR count). The van der Waals surface area contributed by atoms with Crippen molar-refractivity contribution in [1.82, 2.24) is 14.9 Å². The molecule has 0 spiro atoms. The van der Waals surface area contributed by atoms with Gasteiger partial charge < -0.3 is 9.88 Å². The Labute approximate surface area is 161 Å². The molecular formula is C23H29N3O. The highest BCUT2D eigenvalue weighted by Crippen LogP contribution is 2.22. The van der Waals surface area contributed by atoms with Crippen LogP contribution in [0.1, 0.15) is 44.7 Å². The van der Waals surface area contributed by atoms with Crippen LogP contribution in [0.2, 0.25) is 0 Å². The summed E-state index contributed by atoms with van der Waals surface area (Å²) in [7, 11) is 0. The van der Waals surface area contributed by atoms with Gasteiger partial charge in [-0.05, 0) is 41.5 Å². The fraction of sp³-hybridized carbons (Fsp3) is 0.391. The SMILES string of the molecule is CC(C)(C)c1ccc(CCC(=O)NCCCn2cnc3ccccc32)cc1. The van der Waals surface area contributed by atoms with Crippen LogP contribution in [-0.2, 0) is 23.2 Å². The minimum Gasteiger partial charge on any atom is -0.356 e. The second-order valence-electron chi connectivity index (χ2n) is 8.08. The van der Waals surface area contributed by atoms with Crippen LogP contribution in [0.3, 0.4) is 0 Å². The number of aryl methyl sites for hydroxylation is 2. The summed E-state index contributed by atoms with van der Waals surface area (Å²) >= 11 is 0. The Morgan fingerprint density at radius 3 is 2.56 bits per heavy atom. The first-order chi connectivity index (χ1) is 12.9. The zero-order valence-electron chi connectivity index (χ0n) is 16.5. The normalized spacial score (nSPS) is 11.7. The molecule has 0 aliphatic carbocycles. The van der Waals surface area contributed by atoms with E-state index in [0.717, 1.165) is 30.4 Å². The van der Waals surface area contributed by atoms with Crippen molar-refractivity contribution in [2.24, 2.45) is 0 Å². The maximum atomic E-state index is 12.1. The predicted octanol–water partition coefficient (Wildman–Crippen LogP) is 4.47. The quantitative estimate of drug-likeness (QED) is 0.630. The Balaban J connectivity index is 1.38. The van der Waals surface area contributed by atoms with Crippen LogP contribution in [0.4, 0.5) is 0 Å². The summed E-state index contributed by atoms with van der Waals surface area (Å²) in [6.45, 7) is 8.18. The van der Waals surface area contributed by atoms with Gasteiger partial charge in [0.1, 0.15) is 0 Å². The highest BCUT2D eigenvalue weighted by molar-refractivity contribution is 5.76. The van der Waals surface area contributed by atoms with Gasteiger partial charge in [0, 0.05) is 19.5 Å². The highest BCUT2D eigenvalue weighted by Gasteiger charge is 2.13. The molecule has 1 amide bonds. The van der Waals surface area contributed by atoms with Crippen LogP contribution in [0, 0.1) is 0 Å². The predicted molar refractivity (Wildman–Crippen MR) is 111 cm³/mol. The number of imidazole rings is 1. The monoisotopic (exact) mass is 363 g/mol. The van der Waals surface area contributed by atoms with E-state index in [1.165, 1.54) is 11.1 Å². The number of nitrogens with zero attached hydrogens (tertiary/aromatic N) is 2. The number of nitrogens with one attached hydrogen (secondary N) is 1. The standard InChI is InChI=1S/C23H29N3O/c1-23(2,3)19-12-9-18(10-13-19)11-14-22(27)24-15-6-16-26-17-25-20-7-4-5-8-21(20)26/h4-5,7-10,12-13,17H,6,11,14-16H2,1-3H3,(H,24,27). The van der Waals surface area contributed by atoms with E-state index in [1.54, 1.807) is 0 Å². The van der Waals surface area contributed by atoms with Gasteiger partial charge in [0.25, 0.3) is 0 Å². The Morgan fingerprint density at radius 1 is 1.07 bits per heavy atom. The molecule has 4 nitrogen and oxygen atoms in total. The lowest BCUT2D eigenvalue weighted by atomic mass is 9.86. The minimum atomic E-state index is 0.116. The molecule has 1 N–H and O–H groups in total. The zero-order valence-corrected chi connectivity index (χ0v) is 16.5. The van der Waals surface area contributed by atoms with E-state index in [4.69, 9.17) is 0 Å². The van der Waals surface area contributed by atoms with E-state index in [2.05, 4.69) is 66.0 Å². The largest absolute Gasteiger partial charge is 0.356 e. The Kier molecular flexibility index (Phi) is 5.94. The van der Waals surface area contributed by atoms with Crippen LogP contribution in [-0.4, -0.2) is 22.0 Å². The van der Waals surface area contributed by atoms with Crippen LogP contribution in [0.25, 0.3) is 11.0 Å².